The normalized spacial score (nSPS) is 19.2. The summed E-state index contributed by atoms with van der Waals surface area (Å²) in [5, 5.41) is 0. The van der Waals surface area contributed by atoms with Gasteiger partial charge in [0.15, 0.2) is 34.5 Å². The zero-order valence-corrected chi connectivity index (χ0v) is 22.3. The highest BCUT2D eigenvalue weighted by molar-refractivity contribution is 6.11. The van der Waals surface area contributed by atoms with Gasteiger partial charge in [-0.3, -0.25) is 4.79 Å². The Bertz CT molecular complexity index is 1110. The molecule has 0 amide bonds. The summed E-state index contributed by atoms with van der Waals surface area (Å²) in [4.78, 5) is 13.5. The van der Waals surface area contributed by atoms with Gasteiger partial charge in [0.05, 0.1) is 49.3 Å². The van der Waals surface area contributed by atoms with Crippen LogP contribution in [0.4, 0.5) is 0 Å². The second-order valence-electron chi connectivity index (χ2n) is 7.69. The van der Waals surface area contributed by atoms with Gasteiger partial charge in [0.25, 0.3) is 5.78 Å². The minimum atomic E-state index is -1.58. The van der Waals surface area contributed by atoms with E-state index in [1.807, 2.05) is 0 Å². The van der Waals surface area contributed by atoms with Crippen LogP contribution < -0.4 is 28.4 Å². The van der Waals surface area contributed by atoms with Gasteiger partial charge >= 0.3 is 5.97 Å². The van der Waals surface area contributed by atoms with E-state index >= 15 is 0 Å². The van der Waals surface area contributed by atoms with Crippen molar-refractivity contribution in [2.75, 3.05) is 49.3 Å². The van der Waals surface area contributed by atoms with Crippen LogP contribution in [0, 0.1) is 0 Å². The van der Waals surface area contributed by atoms with Crippen molar-refractivity contribution in [2.24, 2.45) is 0 Å². The maximum Gasteiger partial charge on any atom is 0.368 e. The first-order valence-corrected chi connectivity index (χ1v) is 11.4. The van der Waals surface area contributed by atoms with E-state index < -0.39 is 11.8 Å². The van der Waals surface area contributed by atoms with Crippen molar-refractivity contribution in [2.45, 2.75) is 19.8 Å². The number of carbonyl (C=O) groups is 1. The van der Waals surface area contributed by atoms with Gasteiger partial charge in [0.1, 0.15) is 0 Å². The molecule has 2 aromatic carbocycles. The summed E-state index contributed by atoms with van der Waals surface area (Å²) in [6.07, 6.45) is 3.06. The smallest absolute Gasteiger partial charge is 0.368 e. The molecule has 0 spiro atoms. The molecule has 37 heavy (non-hydrogen) atoms. The molecule has 0 aliphatic carbocycles. The Morgan fingerprint density at radius 3 is 1.41 bits per heavy atom. The van der Waals surface area contributed by atoms with Crippen molar-refractivity contribution in [1.29, 1.82) is 0 Å². The van der Waals surface area contributed by atoms with Crippen LogP contribution >= 0.6 is 0 Å². The van der Waals surface area contributed by atoms with E-state index in [1.165, 1.54) is 54.8 Å². The van der Waals surface area contributed by atoms with Crippen LogP contribution in [0.3, 0.4) is 0 Å². The molecule has 1 aliphatic rings. The molecule has 1 fully saturated rings. The van der Waals surface area contributed by atoms with Gasteiger partial charge in [-0.15, -0.1) is 0 Å². The van der Waals surface area contributed by atoms with E-state index in [-0.39, 0.29) is 18.1 Å². The molecule has 0 saturated carbocycles. The summed E-state index contributed by atoms with van der Waals surface area (Å²) >= 11 is 0. The minimum Gasteiger partial charge on any atom is -0.493 e. The Kier molecular flexibility index (Phi) is 8.77. The van der Waals surface area contributed by atoms with Crippen molar-refractivity contribution >= 4 is 17.9 Å². The third-order valence-electron chi connectivity index (χ3n) is 5.49. The predicted molar refractivity (Wildman–Crippen MR) is 135 cm³/mol. The number of hydrogen-bond donors (Lipinski definition) is 0. The Labute approximate surface area is 216 Å². The van der Waals surface area contributed by atoms with Crippen LogP contribution in [0.25, 0.3) is 12.2 Å². The molecule has 0 unspecified atom stereocenters. The number of ketones is 1. The van der Waals surface area contributed by atoms with Gasteiger partial charge < -0.3 is 42.6 Å². The molecule has 0 aromatic heterocycles. The molecular weight excluding hydrogens is 484 g/mol. The monoisotopic (exact) mass is 516 g/mol. The molecule has 10 nitrogen and oxygen atoms in total. The fourth-order valence-electron chi connectivity index (χ4n) is 3.90. The van der Waals surface area contributed by atoms with Crippen LogP contribution in [0.5, 0.6) is 34.5 Å². The van der Waals surface area contributed by atoms with Crippen molar-refractivity contribution < 1.29 is 47.4 Å². The summed E-state index contributed by atoms with van der Waals surface area (Å²) in [5.41, 5.74) is 1.04. The van der Waals surface area contributed by atoms with Crippen molar-refractivity contribution in [1.82, 2.24) is 0 Å². The zero-order chi connectivity index (χ0) is 27.2. The van der Waals surface area contributed by atoms with Crippen LogP contribution in [-0.2, 0) is 19.0 Å². The molecule has 0 atom stereocenters. The topological polar surface area (TPSA) is 100 Å². The lowest BCUT2D eigenvalue weighted by Gasteiger charge is -2.35. The van der Waals surface area contributed by atoms with E-state index in [1.54, 1.807) is 38.1 Å². The van der Waals surface area contributed by atoms with E-state index in [9.17, 15) is 4.79 Å². The van der Waals surface area contributed by atoms with Gasteiger partial charge in [-0.1, -0.05) is 0 Å². The molecule has 1 saturated heterocycles. The first-order chi connectivity index (χ1) is 17.8. The van der Waals surface area contributed by atoms with Crippen LogP contribution in [0.15, 0.2) is 35.8 Å². The molecule has 10 heteroatoms. The lowest BCUT2D eigenvalue weighted by Crippen LogP contribution is -2.42. The highest BCUT2D eigenvalue weighted by Crippen LogP contribution is 2.43. The minimum absolute atomic E-state index is 0.0292. The average molecular weight is 517 g/mol. The lowest BCUT2D eigenvalue weighted by molar-refractivity contribution is -0.343. The Balaban J connectivity index is 2.17. The van der Waals surface area contributed by atoms with Gasteiger partial charge in [0, 0.05) is 18.1 Å². The number of methoxy groups -OCH3 is 6. The summed E-state index contributed by atoms with van der Waals surface area (Å²) in [6, 6.07) is 6.84. The molecule has 0 N–H and O–H groups in total. The molecule has 2 aromatic rings. The second kappa shape index (κ2) is 11.8. The third kappa shape index (κ3) is 5.54. The van der Waals surface area contributed by atoms with Crippen LogP contribution in [0.1, 0.15) is 25.0 Å². The number of benzene rings is 2. The summed E-state index contributed by atoms with van der Waals surface area (Å²) in [6.45, 7) is 3.63. The van der Waals surface area contributed by atoms with Crippen molar-refractivity contribution in [3.05, 3.63) is 46.9 Å². The fraction of sp³-hybridized carbons (Fsp3) is 0.370. The van der Waals surface area contributed by atoms with Gasteiger partial charge in [-0.2, -0.15) is 0 Å². The number of rotatable bonds is 10. The Morgan fingerprint density at radius 1 is 0.676 bits per heavy atom. The molecule has 0 bridgehead atoms. The molecular formula is C27H32O10. The van der Waals surface area contributed by atoms with Crippen molar-refractivity contribution in [3.8, 4) is 34.5 Å². The number of ether oxygens (including phenoxy) is 9. The summed E-state index contributed by atoms with van der Waals surface area (Å²) in [7, 11) is 9.02. The van der Waals surface area contributed by atoms with E-state index in [4.69, 9.17) is 42.6 Å². The molecule has 200 valence electrons. The highest BCUT2D eigenvalue weighted by Gasteiger charge is 2.41. The first-order valence-electron chi connectivity index (χ1n) is 11.4. The number of hydrogen-bond acceptors (Lipinski definition) is 10. The van der Waals surface area contributed by atoms with E-state index in [2.05, 4.69) is 0 Å². The van der Waals surface area contributed by atoms with Gasteiger partial charge in [0.2, 0.25) is 11.5 Å². The Hall–Kier alpha value is -4.05. The highest BCUT2D eigenvalue weighted by atomic mass is 16.9. The summed E-state index contributed by atoms with van der Waals surface area (Å²) < 4.78 is 50.2. The largest absolute Gasteiger partial charge is 0.493 e. The molecule has 1 heterocycles. The standard InChI is InChI=1S/C27H32O10/c1-9-35-27(2)36-20(14-16-10-12-18(29-3)25(33-7)23(16)31-5)22(28)21(37-27)15-17-11-13-19(30-4)26(34-8)24(17)32-6/h10-15H,9H2,1-8H3. The van der Waals surface area contributed by atoms with Gasteiger partial charge in [-0.05, 0) is 43.3 Å². The third-order valence-corrected chi connectivity index (χ3v) is 5.49. The fourth-order valence-corrected chi connectivity index (χ4v) is 3.90. The summed E-state index contributed by atoms with van der Waals surface area (Å²) in [5.74, 6) is 0.262. The van der Waals surface area contributed by atoms with Crippen LogP contribution in [0.2, 0.25) is 0 Å². The molecule has 1 aliphatic heterocycles. The first kappa shape index (κ1) is 27.5. The Morgan fingerprint density at radius 2 is 1.08 bits per heavy atom. The van der Waals surface area contributed by atoms with Crippen LogP contribution in [-0.4, -0.2) is 61.0 Å². The second-order valence-corrected chi connectivity index (χ2v) is 7.69. The maximum atomic E-state index is 13.5. The number of carbonyl (C=O) groups excluding carboxylic acids is 1. The van der Waals surface area contributed by atoms with Crippen molar-refractivity contribution in [3.63, 3.8) is 0 Å². The van der Waals surface area contributed by atoms with Gasteiger partial charge in [-0.25, -0.2) is 0 Å². The quantitative estimate of drug-likeness (QED) is 0.421. The lowest BCUT2D eigenvalue weighted by atomic mass is 10.1. The maximum absolute atomic E-state index is 13.5. The molecule has 0 radical (unpaired) electrons. The zero-order valence-electron chi connectivity index (χ0n) is 22.3. The number of Topliss-reactive ketones (excluding diaryl/α,β-unsaturated/α-hetero) is 1. The van der Waals surface area contributed by atoms with E-state index in [0.717, 1.165) is 0 Å². The average Bonchev–Trinajstić information content (AvgIpc) is 2.90. The van der Waals surface area contributed by atoms with E-state index in [0.29, 0.717) is 45.6 Å². The molecule has 3 rings (SSSR count). The SMILES string of the molecule is CCOC1(C)OC(=Cc2ccc(OC)c(OC)c2OC)C(=O)C(=Cc2ccc(OC)c(OC)c2OC)O1. The predicted octanol–water partition coefficient (Wildman–Crippen LogP) is 4.45.